The molecular formula is C13H11N3S. The van der Waals surface area contributed by atoms with Gasteiger partial charge in [0, 0.05) is 5.56 Å². The van der Waals surface area contributed by atoms with Crippen molar-refractivity contribution in [2.24, 2.45) is 0 Å². The van der Waals surface area contributed by atoms with Gasteiger partial charge in [0.15, 0.2) is 0 Å². The van der Waals surface area contributed by atoms with Crippen molar-refractivity contribution in [3.8, 4) is 11.3 Å². The Morgan fingerprint density at radius 3 is 2.59 bits per heavy atom. The zero-order chi connectivity index (χ0) is 11.7. The lowest BCUT2D eigenvalue weighted by Gasteiger charge is -2.00. The summed E-state index contributed by atoms with van der Waals surface area (Å²) in [5.74, 6) is 0. The van der Waals surface area contributed by atoms with Crippen LogP contribution in [-0.2, 0) is 0 Å². The molecule has 3 aromatic rings. The second-order valence-corrected chi connectivity index (χ2v) is 4.50. The number of pyridine rings is 1. The minimum atomic E-state index is 0.932. The number of nitrogens with zero attached hydrogens (tertiary/aromatic N) is 3. The smallest absolute Gasteiger partial charge is 0.120 e. The van der Waals surface area contributed by atoms with Crippen molar-refractivity contribution >= 4 is 17.3 Å². The Morgan fingerprint density at radius 2 is 1.82 bits per heavy atom. The number of benzene rings is 1. The third-order valence-corrected chi connectivity index (χ3v) is 3.39. The van der Waals surface area contributed by atoms with E-state index in [0.717, 1.165) is 21.8 Å². The maximum absolute atomic E-state index is 4.27. The quantitative estimate of drug-likeness (QED) is 0.646. The van der Waals surface area contributed by atoms with Gasteiger partial charge in [-0.3, -0.25) is 0 Å². The van der Waals surface area contributed by atoms with E-state index < -0.39 is 0 Å². The van der Waals surface area contributed by atoms with E-state index in [-0.39, 0.29) is 0 Å². The van der Waals surface area contributed by atoms with Crippen LogP contribution in [0.2, 0.25) is 0 Å². The summed E-state index contributed by atoms with van der Waals surface area (Å²) >= 11 is 1.67. The molecule has 17 heavy (non-hydrogen) atoms. The third-order valence-electron chi connectivity index (χ3n) is 2.66. The molecule has 1 aromatic carbocycles. The van der Waals surface area contributed by atoms with Crippen molar-refractivity contribution in [1.82, 2.24) is 14.8 Å². The highest BCUT2D eigenvalue weighted by molar-refractivity contribution is 7.98. The Labute approximate surface area is 103 Å². The monoisotopic (exact) mass is 241 g/mol. The van der Waals surface area contributed by atoms with Crippen molar-refractivity contribution in [2.75, 3.05) is 6.26 Å². The van der Waals surface area contributed by atoms with E-state index in [2.05, 4.69) is 22.4 Å². The summed E-state index contributed by atoms with van der Waals surface area (Å²) in [5.41, 5.74) is 3.07. The van der Waals surface area contributed by atoms with E-state index in [0.29, 0.717) is 0 Å². The zero-order valence-electron chi connectivity index (χ0n) is 9.37. The van der Waals surface area contributed by atoms with Gasteiger partial charge in [-0.25, -0.2) is 4.52 Å². The van der Waals surface area contributed by atoms with E-state index in [1.54, 1.807) is 11.8 Å². The summed E-state index contributed by atoms with van der Waals surface area (Å²) in [6.45, 7) is 0. The van der Waals surface area contributed by atoms with Crippen molar-refractivity contribution in [1.29, 1.82) is 0 Å². The molecule has 2 aromatic heterocycles. The van der Waals surface area contributed by atoms with E-state index >= 15 is 0 Å². The van der Waals surface area contributed by atoms with E-state index in [9.17, 15) is 0 Å². The largest absolute Gasteiger partial charge is 0.206 e. The summed E-state index contributed by atoms with van der Waals surface area (Å²) in [4.78, 5) is 0. The first-order chi connectivity index (χ1) is 8.40. The summed E-state index contributed by atoms with van der Waals surface area (Å²) in [6.07, 6.45) is 2.04. The number of hydrogen-bond acceptors (Lipinski definition) is 3. The molecule has 4 heteroatoms. The average molecular weight is 241 g/mol. The minimum Gasteiger partial charge on any atom is -0.206 e. The van der Waals surface area contributed by atoms with Crippen LogP contribution >= 0.6 is 11.8 Å². The SMILES string of the molecule is CSc1cccc2c(-c3ccccc3)nnn12. The van der Waals surface area contributed by atoms with Crippen LogP contribution in [0.5, 0.6) is 0 Å². The molecule has 0 bridgehead atoms. The Morgan fingerprint density at radius 1 is 1.00 bits per heavy atom. The molecule has 0 atom stereocenters. The molecule has 3 rings (SSSR count). The summed E-state index contributed by atoms with van der Waals surface area (Å²) in [5, 5.41) is 9.58. The molecule has 2 heterocycles. The molecule has 84 valence electrons. The molecular weight excluding hydrogens is 230 g/mol. The number of hydrogen-bond donors (Lipinski definition) is 0. The average Bonchev–Trinajstić information content (AvgIpc) is 2.83. The highest BCUT2D eigenvalue weighted by Crippen LogP contribution is 2.24. The summed E-state index contributed by atoms with van der Waals surface area (Å²) in [6, 6.07) is 16.3. The number of aromatic nitrogens is 3. The fourth-order valence-corrected chi connectivity index (χ4v) is 2.37. The summed E-state index contributed by atoms with van der Waals surface area (Å²) < 4.78 is 1.88. The topological polar surface area (TPSA) is 30.2 Å². The van der Waals surface area contributed by atoms with Gasteiger partial charge in [-0.05, 0) is 18.4 Å². The molecule has 0 aliphatic carbocycles. The van der Waals surface area contributed by atoms with Crippen molar-refractivity contribution in [3.63, 3.8) is 0 Å². The maximum Gasteiger partial charge on any atom is 0.120 e. The van der Waals surface area contributed by atoms with Crippen molar-refractivity contribution in [3.05, 3.63) is 48.5 Å². The first kappa shape index (κ1) is 10.4. The molecule has 0 saturated carbocycles. The van der Waals surface area contributed by atoms with E-state index in [1.165, 1.54) is 0 Å². The number of rotatable bonds is 2. The molecule has 0 aliphatic rings. The van der Waals surface area contributed by atoms with Crippen LogP contribution < -0.4 is 0 Å². The molecule has 0 radical (unpaired) electrons. The number of fused-ring (bicyclic) bond motifs is 1. The standard InChI is InChI=1S/C13H11N3S/c1-17-12-9-5-8-11-13(14-15-16(11)12)10-6-3-2-4-7-10/h2-9H,1H3. The lowest BCUT2D eigenvalue weighted by Crippen LogP contribution is -1.90. The minimum absolute atomic E-state index is 0.932. The van der Waals surface area contributed by atoms with Crippen LogP contribution in [0.15, 0.2) is 53.6 Å². The second-order valence-electron chi connectivity index (χ2n) is 3.67. The summed E-state index contributed by atoms with van der Waals surface area (Å²) in [7, 11) is 0. The van der Waals surface area contributed by atoms with Crippen LogP contribution in [0.4, 0.5) is 0 Å². The third kappa shape index (κ3) is 1.70. The molecule has 0 aliphatic heterocycles. The lowest BCUT2D eigenvalue weighted by atomic mass is 10.1. The Hall–Kier alpha value is -1.81. The van der Waals surface area contributed by atoms with Gasteiger partial charge >= 0.3 is 0 Å². The maximum atomic E-state index is 4.27. The predicted molar refractivity (Wildman–Crippen MR) is 70.2 cm³/mol. The number of thioether (sulfide) groups is 1. The van der Waals surface area contributed by atoms with Crippen molar-refractivity contribution in [2.45, 2.75) is 5.03 Å². The zero-order valence-corrected chi connectivity index (χ0v) is 10.2. The van der Waals surface area contributed by atoms with Gasteiger partial charge in [-0.2, -0.15) is 0 Å². The van der Waals surface area contributed by atoms with Crippen molar-refractivity contribution < 1.29 is 0 Å². The molecule has 0 fully saturated rings. The van der Waals surface area contributed by atoms with Gasteiger partial charge in [-0.1, -0.05) is 41.6 Å². The molecule has 0 unspecified atom stereocenters. The fraction of sp³-hybridized carbons (Fsp3) is 0.0769. The van der Waals surface area contributed by atoms with Gasteiger partial charge in [0.2, 0.25) is 0 Å². The Bertz CT molecular complexity index is 646. The van der Waals surface area contributed by atoms with E-state index in [1.807, 2.05) is 47.2 Å². The lowest BCUT2D eigenvalue weighted by molar-refractivity contribution is 0.791. The fourth-order valence-electron chi connectivity index (χ4n) is 1.85. The normalized spacial score (nSPS) is 10.9. The van der Waals surface area contributed by atoms with Crippen LogP contribution in [0.25, 0.3) is 16.8 Å². The van der Waals surface area contributed by atoms with Gasteiger partial charge < -0.3 is 0 Å². The van der Waals surface area contributed by atoms with Crippen LogP contribution in [0, 0.1) is 0 Å². The molecule has 3 nitrogen and oxygen atoms in total. The molecule has 0 spiro atoms. The highest BCUT2D eigenvalue weighted by Gasteiger charge is 2.09. The molecule has 0 amide bonds. The van der Waals surface area contributed by atoms with Crippen LogP contribution in [0.1, 0.15) is 0 Å². The van der Waals surface area contributed by atoms with Crippen LogP contribution in [-0.4, -0.2) is 21.1 Å². The Balaban J connectivity index is 2.26. The first-order valence-electron chi connectivity index (χ1n) is 5.34. The molecule has 0 N–H and O–H groups in total. The predicted octanol–water partition coefficient (Wildman–Crippen LogP) is 3.12. The van der Waals surface area contributed by atoms with Gasteiger partial charge in [0.25, 0.3) is 0 Å². The van der Waals surface area contributed by atoms with E-state index in [4.69, 9.17) is 0 Å². The van der Waals surface area contributed by atoms with Gasteiger partial charge in [0.05, 0.1) is 10.5 Å². The van der Waals surface area contributed by atoms with Gasteiger partial charge in [-0.15, -0.1) is 16.9 Å². The highest BCUT2D eigenvalue weighted by atomic mass is 32.2. The van der Waals surface area contributed by atoms with Crippen LogP contribution in [0.3, 0.4) is 0 Å². The van der Waals surface area contributed by atoms with Gasteiger partial charge in [0.1, 0.15) is 5.69 Å². The Kier molecular flexibility index (Phi) is 2.57. The second kappa shape index (κ2) is 4.22. The molecule has 0 saturated heterocycles. The first-order valence-corrected chi connectivity index (χ1v) is 6.56.